The van der Waals surface area contributed by atoms with Gasteiger partial charge in [-0.25, -0.2) is 0 Å². The third kappa shape index (κ3) is 3.31. The number of anilines is 1. The largest absolute Gasteiger partial charge is 0.476 e. The zero-order chi connectivity index (χ0) is 18.1. The SMILES string of the molecule is O=C(C1CN(C(=O)c2ccc(Cl)s2)c2ccccc2O1)N1CCCCC1. The molecular weight excluding hydrogens is 372 g/mol. The van der Waals surface area contributed by atoms with E-state index in [9.17, 15) is 9.59 Å². The van der Waals surface area contributed by atoms with Crippen molar-refractivity contribution in [1.82, 2.24) is 4.90 Å². The maximum Gasteiger partial charge on any atom is 0.268 e. The van der Waals surface area contributed by atoms with Gasteiger partial charge in [0.15, 0.2) is 6.10 Å². The summed E-state index contributed by atoms with van der Waals surface area (Å²) in [4.78, 5) is 30.0. The van der Waals surface area contributed by atoms with E-state index in [0.717, 1.165) is 32.4 Å². The van der Waals surface area contributed by atoms with Crippen LogP contribution in [-0.2, 0) is 4.79 Å². The van der Waals surface area contributed by atoms with Crippen LogP contribution in [0, 0.1) is 0 Å². The lowest BCUT2D eigenvalue weighted by molar-refractivity contribution is -0.139. The lowest BCUT2D eigenvalue weighted by Gasteiger charge is -2.37. The van der Waals surface area contributed by atoms with E-state index >= 15 is 0 Å². The van der Waals surface area contributed by atoms with Crippen molar-refractivity contribution in [3.8, 4) is 5.75 Å². The van der Waals surface area contributed by atoms with E-state index in [0.29, 0.717) is 20.7 Å². The molecule has 5 nitrogen and oxygen atoms in total. The van der Waals surface area contributed by atoms with Crippen LogP contribution < -0.4 is 9.64 Å². The highest BCUT2D eigenvalue weighted by atomic mass is 35.5. The number of carbonyl (C=O) groups excluding carboxylic acids is 2. The van der Waals surface area contributed by atoms with Crippen LogP contribution in [0.1, 0.15) is 28.9 Å². The van der Waals surface area contributed by atoms with Gasteiger partial charge in [-0.3, -0.25) is 14.5 Å². The fourth-order valence-corrected chi connectivity index (χ4v) is 4.43. The van der Waals surface area contributed by atoms with E-state index < -0.39 is 6.10 Å². The van der Waals surface area contributed by atoms with Gasteiger partial charge < -0.3 is 9.64 Å². The van der Waals surface area contributed by atoms with E-state index in [1.165, 1.54) is 11.3 Å². The van der Waals surface area contributed by atoms with E-state index in [2.05, 4.69) is 0 Å². The van der Waals surface area contributed by atoms with Crippen LogP contribution in [0.5, 0.6) is 5.75 Å². The average molecular weight is 391 g/mol. The summed E-state index contributed by atoms with van der Waals surface area (Å²) in [5.41, 5.74) is 0.685. The van der Waals surface area contributed by atoms with Gasteiger partial charge >= 0.3 is 0 Å². The third-order valence-electron chi connectivity index (χ3n) is 4.75. The Labute approximate surface area is 161 Å². The van der Waals surface area contributed by atoms with Crippen molar-refractivity contribution in [1.29, 1.82) is 0 Å². The Morgan fingerprint density at radius 1 is 1.08 bits per heavy atom. The topological polar surface area (TPSA) is 49.9 Å². The van der Waals surface area contributed by atoms with Gasteiger partial charge in [-0.1, -0.05) is 23.7 Å². The molecule has 2 amide bonds. The summed E-state index contributed by atoms with van der Waals surface area (Å²) in [7, 11) is 0. The first kappa shape index (κ1) is 17.4. The van der Waals surface area contributed by atoms with Crippen molar-refractivity contribution in [2.24, 2.45) is 0 Å². The average Bonchev–Trinajstić information content (AvgIpc) is 3.13. The first-order chi connectivity index (χ1) is 12.6. The van der Waals surface area contributed by atoms with Crippen LogP contribution in [0.25, 0.3) is 0 Å². The summed E-state index contributed by atoms with van der Waals surface area (Å²) >= 11 is 7.23. The van der Waals surface area contributed by atoms with Crippen molar-refractivity contribution >= 4 is 40.4 Å². The second-order valence-corrected chi connectivity index (χ2v) is 8.19. The number of hydrogen-bond donors (Lipinski definition) is 0. The minimum Gasteiger partial charge on any atom is -0.476 e. The highest BCUT2D eigenvalue weighted by Gasteiger charge is 2.36. The number of para-hydroxylation sites is 2. The molecule has 1 saturated heterocycles. The van der Waals surface area contributed by atoms with Crippen LogP contribution in [0.3, 0.4) is 0 Å². The fraction of sp³-hybridized carbons (Fsp3) is 0.368. The van der Waals surface area contributed by atoms with E-state index in [-0.39, 0.29) is 18.4 Å². The van der Waals surface area contributed by atoms with Gasteiger partial charge in [0, 0.05) is 13.1 Å². The van der Waals surface area contributed by atoms with E-state index in [4.69, 9.17) is 16.3 Å². The molecule has 7 heteroatoms. The number of nitrogens with zero attached hydrogens (tertiary/aromatic N) is 2. The first-order valence-electron chi connectivity index (χ1n) is 8.75. The number of thiophene rings is 1. The molecule has 2 aromatic rings. The van der Waals surface area contributed by atoms with E-state index in [1.807, 2.05) is 23.1 Å². The standard InChI is InChI=1S/C19H19ClN2O3S/c20-17-9-8-16(26-17)19(24)22-12-15(18(23)21-10-4-1-5-11-21)25-14-7-3-2-6-13(14)22/h2-3,6-9,15H,1,4-5,10-12H2. The van der Waals surface area contributed by atoms with Crippen LogP contribution in [0.15, 0.2) is 36.4 Å². The lowest BCUT2D eigenvalue weighted by atomic mass is 10.1. The normalized spacial score (nSPS) is 19.7. The molecule has 2 aliphatic rings. The summed E-state index contributed by atoms with van der Waals surface area (Å²) in [6, 6.07) is 10.8. The Morgan fingerprint density at radius 2 is 1.85 bits per heavy atom. The zero-order valence-electron chi connectivity index (χ0n) is 14.2. The van der Waals surface area contributed by atoms with Gasteiger partial charge in [0.2, 0.25) is 0 Å². The molecule has 1 aromatic heterocycles. The zero-order valence-corrected chi connectivity index (χ0v) is 15.8. The second-order valence-electron chi connectivity index (χ2n) is 6.48. The molecule has 0 N–H and O–H groups in total. The highest BCUT2D eigenvalue weighted by Crippen LogP contribution is 2.35. The van der Waals surface area contributed by atoms with Crippen LogP contribution in [0.4, 0.5) is 5.69 Å². The molecule has 0 saturated carbocycles. The number of halogens is 1. The van der Waals surface area contributed by atoms with Crippen molar-refractivity contribution in [3.63, 3.8) is 0 Å². The number of piperidine rings is 1. The number of likely N-dealkylation sites (tertiary alicyclic amines) is 1. The molecule has 1 atom stereocenters. The van der Waals surface area contributed by atoms with Gasteiger partial charge in [-0.15, -0.1) is 11.3 Å². The maximum atomic E-state index is 13.0. The fourth-order valence-electron chi connectivity index (χ4n) is 3.44. The molecular formula is C19H19ClN2O3S. The van der Waals surface area contributed by atoms with Gasteiger partial charge in [0.1, 0.15) is 5.75 Å². The van der Waals surface area contributed by atoms with E-state index in [1.54, 1.807) is 23.1 Å². The van der Waals surface area contributed by atoms with Crippen LogP contribution in [-0.4, -0.2) is 42.5 Å². The Balaban J connectivity index is 1.62. The smallest absolute Gasteiger partial charge is 0.268 e. The lowest BCUT2D eigenvalue weighted by Crippen LogP contribution is -2.52. The van der Waals surface area contributed by atoms with Crippen molar-refractivity contribution < 1.29 is 14.3 Å². The number of rotatable bonds is 2. The van der Waals surface area contributed by atoms with Crippen molar-refractivity contribution in [2.75, 3.05) is 24.5 Å². The molecule has 0 radical (unpaired) electrons. The predicted octanol–water partition coefficient (Wildman–Crippen LogP) is 3.82. The summed E-state index contributed by atoms with van der Waals surface area (Å²) in [6.07, 6.45) is 2.51. The highest BCUT2D eigenvalue weighted by molar-refractivity contribution is 7.18. The molecule has 0 spiro atoms. The number of carbonyl (C=O) groups is 2. The summed E-state index contributed by atoms with van der Waals surface area (Å²) in [5.74, 6) is 0.362. The molecule has 1 aromatic carbocycles. The molecule has 0 aliphatic carbocycles. The predicted molar refractivity (Wildman–Crippen MR) is 102 cm³/mol. The summed E-state index contributed by atoms with van der Waals surface area (Å²) in [5, 5.41) is 0. The third-order valence-corrected chi connectivity index (χ3v) is 5.97. The molecule has 4 rings (SSSR count). The minimum atomic E-state index is -0.678. The molecule has 0 bridgehead atoms. The quantitative estimate of drug-likeness (QED) is 0.783. The van der Waals surface area contributed by atoms with Crippen LogP contribution >= 0.6 is 22.9 Å². The first-order valence-corrected chi connectivity index (χ1v) is 9.94. The van der Waals surface area contributed by atoms with Crippen molar-refractivity contribution in [2.45, 2.75) is 25.4 Å². The number of amides is 2. The molecule has 26 heavy (non-hydrogen) atoms. The molecule has 1 fully saturated rings. The van der Waals surface area contributed by atoms with Crippen molar-refractivity contribution in [3.05, 3.63) is 45.6 Å². The van der Waals surface area contributed by atoms with Gasteiger partial charge in [-0.05, 0) is 43.5 Å². The molecule has 3 heterocycles. The summed E-state index contributed by atoms with van der Waals surface area (Å²) in [6.45, 7) is 1.73. The maximum absolute atomic E-state index is 13.0. The summed E-state index contributed by atoms with van der Waals surface area (Å²) < 4.78 is 6.53. The Bertz CT molecular complexity index is 832. The number of benzene rings is 1. The van der Waals surface area contributed by atoms with Crippen LogP contribution in [0.2, 0.25) is 4.34 Å². The molecule has 136 valence electrons. The van der Waals surface area contributed by atoms with Gasteiger partial charge in [0.25, 0.3) is 11.8 Å². The molecule has 1 unspecified atom stereocenters. The Kier molecular flexibility index (Phi) is 4.87. The Morgan fingerprint density at radius 3 is 2.58 bits per heavy atom. The Hall–Kier alpha value is -2.05. The second kappa shape index (κ2) is 7.29. The van der Waals surface area contributed by atoms with Gasteiger partial charge in [0.05, 0.1) is 21.4 Å². The number of fused-ring (bicyclic) bond motifs is 1. The molecule has 2 aliphatic heterocycles. The monoisotopic (exact) mass is 390 g/mol. The number of hydrogen-bond acceptors (Lipinski definition) is 4. The number of ether oxygens (including phenoxy) is 1. The minimum absolute atomic E-state index is 0.0405. The van der Waals surface area contributed by atoms with Gasteiger partial charge in [-0.2, -0.15) is 0 Å².